The summed E-state index contributed by atoms with van der Waals surface area (Å²) in [5.74, 6) is 0.444. The molecule has 0 aliphatic carbocycles. The lowest BCUT2D eigenvalue weighted by molar-refractivity contribution is -0.121. The number of carbonyl (C=O) groups excluding carboxylic acids is 3. The molecular formula is C22H21N7O3. The summed E-state index contributed by atoms with van der Waals surface area (Å²) >= 11 is 0. The highest BCUT2D eigenvalue weighted by Crippen LogP contribution is 2.21. The Morgan fingerprint density at radius 2 is 1.53 bits per heavy atom. The van der Waals surface area contributed by atoms with Crippen LogP contribution < -0.4 is 16.0 Å². The number of carbonyl (C=O) groups is 3. The molecule has 0 spiro atoms. The lowest BCUT2D eigenvalue weighted by atomic mass is 10.1. The van der Waals surface area contributed by atoms with Crippen LogP contribution in [0, 0.1) is 6.92 Å². The Balaban J connectivity index is 1.20. The minimum atomic E-state index is -0.455. The maximum absolute atomic E-state index is 12.3. The van der Waals surface area contributed by atoms with Crippen LogP contribution in [-0.2, 0) is 4.79 Å². The van der Waals surface area contributed by atoms with Gasteiger partial charge in [0.2, 0.25) is 5.91 Å². The molecule has 3 heterocycles. The van der Waals surface area contributed by atoms with Crippen molar-refractivity contribution in [2.75, 3.05) is 30.3 Å². The Labute approximate surface area is 184 Å². The van der Waals surface area contributed by atoms with Crippen LogP contribution in [0.3, 0.4) is 0 Å². The third-order valence-corrected chi connectivity index (χ3v) is 4.77. The maximum atomic E-state index is 12.3. The number of benzene rings is 1. The van der Waals surface area contributed by atoms with Gasteiger partial charge >= 0.3 is 0 Å². The summed E-state index contributed by atoms with van der Waals surface area (Å²) in [4.78, 5) is 42.0. The van der Waals surface area contributed by atoms with Crippen LogP contribution in [0.5, 0.6) is 0 Å². The molecule has 0 radical (unpaired) electrons. The van der Waals surface area contributed by atoms with Gasteiger partial charge in [0.05, 0.1) is 11.1 Å². The predicted molar refractivity (Wildman–Crippen MR) is 118 cm³/mol. The zero-order chi connectivity index (χ0) is 22.5. The van der Waals surface area contributed by atoms with Gasteiger partial charge < -0.3 is 16.0 Å². The topological polar surface area (TPSA) is 129 Å². The molecule has 32 heavy (non-hydrogen) atoms. The second-order valence-corrected chi connectivity index (χ2v) is 7.17. The van der Waals surface area contributed by atoms with Crippen molar-refractivity contribution in [3.8, 4) is 0 Å². The van der Waals surface area contributed by atoms with E-state index in [4.69, 9.17) is 0 Å². The molecule has 3 N–H and O–H groups in total. The number of hydrogen-bond donors (Lipinski definition) is 3. The van der Waals surface area contributed by atoms with Crippen molar-refractivity contribution in [2.24, 2.45) is 0 Å². The molecule has 1 aromatic carbocycles. The van der Waals surface area contributed by atoms with Gasteiger partial charge in [0.1, 0.15) is 18.2 Å². The van der Waals surface area contributed by atoms with E-state index >= 15 is 0 Å². The summed E-state index contributed by atoms with van der Waals surface area (Å²) in [5, 5.41) is 16.9. The SMILES string of the molecule is Cc1ccc(Nc2ccc(NCCNC(=O)CN3C(=O)c4ccccc4C3=O)nn2)nc1. The first kappa shape index (κ1) is 20.9. The van der Waals surface area contributed by atoms with Gasteiger partial charge in [-0.3, -0.25) is 19.3 Å². The van der Waals surface area contributed by atoms with E-state index in [2.05, 4.69) is 31.1 Å². The Morgan fingerprint density at radius 1 is 0.875 bits per heavy atom. The zero-order valence-electron chi connectivity index (χ0n) is 17.3. The minimum Gasteiger partial charge on any atom is -0.367 e. The van der Waals surface area contributed by atoms with Gasteiger partial charge in [-0.25, -0.2) is 4.98 Å². The molecule has 0 atom stereocenters. The third kappa shape index (κ3) is 4.69. The number of imide groups is 1. The van der Waals surface area contributed by atoms with E-state index in [1.165, 1.54) is 0 Å². The second-order valence-electron chi connectivity index (χ2n) is 7.17. The van der Waals surface area contributed by atoms with Gasteiger partial charge in [-0.2, -0.15) is 0 Å². The van der Waals surface area contributed by atoms with Crippen molar-refractivity contribution in [1.29, 1.82) is 0 Å². The van der Waals surface area contributed by atoms with E-state index in [9.17, 15) is 14.4 Å². The first-order valence-electron chi connectivity index (χ1n) is 10.0. The number of fused-ring (bicyclic) bond motifs is 1. The van der Waals surface area contributed by atoms with E-state index in [1.54, 1.807) is 42.6 Å². The quantitative estimate of drug-likeness (QED) is 0.363. The van der Waals surface area contributed by atoms with E-state index in [1.807, 2.05) is 19.1 Å². The van der Waals surface area contributed by atoms with Crippen LogP contribution in [0.25, 0.3) is 0 Å². The number of aromatic nitrogens is 3. The summed E-state index contributed by atoms with van der Waals surface area (Å²) in [5.41, 5.74) is 1.71. The van der Waals surface area contributed by atoms with Crippen molar-refractivity contribution in [3.05, 3.63) is 71.4 Å². The van der Waals surface area contributed by atoms with Gasteiger partial charge in [-0.1, -0.05) is 18.2 Å². The number of amides is 3. The molecule has 0 unspecified atom stereocenters. The van der Waals surface area contributed by atoms with Crippen molar-refractivity contribution in [2.45, 2.75) is 6.92 Å². The maximum Gasteiger partial charge on any atom is 0.262 e. The molecule has 2 aromatic heterocycles. The number of nitrogens with zero attached hydrogens (tertiary/aromatic N) is 4. The third-order valence-electron chi connectivity index (χ3n) is 4.77. The number of rotatable bonds is 8. The largest absolute Gasteiger partial charge is 0.367 e. The van der Waals surface area contributed by atoms with Crippen molar-refractivity contribution in [3.63, 3.8) is 0 Å². The van der Waals surface area contributed by atoms with Crippen molar-refractivity contribution < 1.29 is 14.4 Å². The fraction of sp³-hybridized carbons (Fsp3) is 0.182. The average Bonchev–Trinajstić information content (AvgIpc) is 3.04. The molecule has 1 aliphatic rings. The average molecular weight is 431 g/mol. The normalized spacial score (nSPS) is 12.5. The first-order chi connectivity index (χ1) is 15.5. The molecule has 0 saturated carbocycles. The van der Waals surface area contributed by atoms with Crippen LogP contribution in [0.4, 0.5) is 17.5 Å². The lowest BCUT2D eigenvalue weighted by Crippen LogP contribution is -2.41. The molecule has 3 aromatic rings. The molecule has 0 saturated heterocycles. The molecule has 3 amide bonds. The van der Waals surface area contributed by atoms with Crippen molar-refractivity contribution >= 4 is 35.2 Å². The molecule has 10 heteroatoms. The monoisotopic (exact) mass is 431 g/mol. The molecule has 1 aliphatic heterocycles. The molecular weight excluding hydrogens is 410 g/mol. The van der Waals surface area contributed by atoms with Crippen molar-refractivity contribution in [1.82, 2.24) is 25.4 Å². The number of anilines is 3. The summed E-state index contributed by atoms with van der Waals surface area (Å²) < 4.78 is 0. The number of aryl methyl sites for hydroxylation is 1. The standard InChI is InChI=1S/C22H21N7O3/c1-14-6-7-17(25-12-14)26-19-9-8-18(27-28-19)23-10-11-24-20(30)13-29-21(31)15-4-2-3-5-16(15)22(29)32/h2-9,12H,10-11,13H2,1H3,(H,23,27)(H,24,30)(H,25,26,28). The first-order valence-corrected chi connectivity index (χ1v) is 10.0. The molecule has 0 bridgehead atoms. The number of nitrogens with one attached hydrogen (secondary N) is 3. The summed E-state index contributed by atoms with van der Waals surface area (Å²) in [6.45, 7) is 2.33. The summed E-state index contributed by atoms with van der Waals surface area (Å²) in [7, 11) is 0. The smallest absolute Gasteiger partial charge is 0.262 e. The van der Waals surface area contributed by atoms with Crippen LogP contribution in [0.15, 0.2) is 54.7 Å². The Hall–Kier alpha value is -4.34. The van der Waals surface area contributed by atoms with Crippen LogP contribution in [-0.4, -0.2) is 57.4 Å². The van der Waals surface area contributed by atoms with Gasteiger partial charge in [0.15, 0.2) is 5.82 Å². The predicted octanol–water partition coefficient (Wildman–Crippen LogP) is 1.75. The molecule has 4 rings (SSSR count). The minimum absolute atomic E-state index is 0.289. The summed E-state index contributed by atoms with van der Waals surface area (Å²) in [6.07, 6.45) is 1.76. The highest BCUT2D eigenvalue weighted by molar-refractivity contribution is 6.22. The van der Waals surface area contributed by atoms with Gasteiger partial charge in [-0.15, -0.1) is 10.2 Å². The second kappa shape index (κ2) is 9.21. The van der Waals surface area contributed by atoms with E-state index in [-0.39, 0.29) is 13.1 Å². The molecule has 0 fully saturated rings. The molecule has 162 valence electrons. The fourth-order valence-electron chi connectivity index (χ4n) is 3.14. The Kier molecular flexibility index (Phi) is 6.02. The van der Waals surface area contributed by atoms with E-state index in [0.29, 0.717) is 35.1 Å². The number of pyridine rings is 1. The highest BCUT2D eigenvalue weighted by Gasteiger charge is 2.36. The van der Waals surface area contributed by atoms with E-state index in [0.717, 1.165) is 10.5 Å². The Bertz CT molecular complexity index is 1110. The number of hydrogen-bond acceptors (Lipinski definition) is 8. The highest BCUT2D eigenvalue weighted by atomic mass is 16.2. The van der Waals surface area contributed by atoms with Gasteiger partial charge in [0.25, 0.3) is 11.8 Å². The fourth-order valence-corrected chi connectivity index (χ4v) is 3.14. The van der Waals surface area contributed by atoms with Crippen LogP contribution in [0.2, 0.25) is 0 Å². The molecule has 10 nitrogen and oxygen atoms in total. The van der Waals surface area contributed by atoms with Gasteiger partial charge in [0, 0.05) is 19.3 Å². The lowest BCUT2D eigenvalue weighted by Gasteiger charge is -2.14. The van der Waals surface area contributed by atoms with E-state index < -0.39 is 17.7 Å². The zero-order valence-corrected chi connectivity index (χ0v) is 17.3. The Morgan fingerprint density at radius 3 is 2.16 bits per heavy atom. The van der Waals surface area contributed by atoms with Crippen LogP contribution >= 0.6 is 0 Å². The van der Waals surface area contributed by atoms with Crippen LogP contribution in [0.1, 0.15) is 26.3 Å². The van der Waals surface area contributed by atoms with Gasteiger partial charge in [-0.05, 0) is 42.8 Å². The summed E-state index contributed by atoms with van der Waals surface area (Å²) in [6, 6.07) is 13.8.